The van der Waals surface area contributed by atoms with Crippen molar-refractivity contribution in [2.75, 3.05) is 0 Å². The second kappa shape index (κ2) is 2.88. The summed E-state index contributed by atoms with van der Waals surface area (Å²) in [5.41, 5.74) is 1.75. The van der Waals surface area contributed by atoms with Gasteiger partial charge in [-0.2, -0.15) is 5.10 Å². The van der Waals surface area contributed by atoms with Crippen LogP contribution < -0.4 is 0 Å². The van der Waals surface area contributed by atoms with Gasteiger partial charge >= 0.3 is 0 Å². The highest BCUT2D eigenvalue weighted by Crippen LogP contribution is 2.24. The molecular weight excluding hydrogens is 220 g/mol. The van der Waals surface area contributed by atoms with Crippen LogP contribution in [0.1, 0.15) is 5.56 Å². The Bertz CT molecular complexity index is 410. The molecule has 0 aliphatic carbocycles. The zero-order chi connectivity index (χ0) is 8.55. The molecule has 0 amide bonds. The van der Waals surface area contributed by atoms with Crippen molar-refractivity contribution >= 4 is 26.8 Å². The molecule has 4 heteroatoms. The molecule has 0 saturated heterocycles. The summed E-state index contributed by atoms with van der Waals surface area (Å²) in [6, 6.07) is 5.65. The van der Waals surface area contributed by atoms with E-state index in [4.69, 9.17) is 5.11 Å². The summed E-state index contributed by atoms with van der Waals surface area (Å²) < 4.78 is 0.821. The number of nitrogens with one attached hydrogen (secondary N) is 1. The van der Waals surface area contributed by atoms with E-state index < -0.39 is 0 Å². The number of fused-ring (bicyclic) bond motifs is 1. The number of aromatic amines is 1. The van der Waals surface area contributed by atoms with E-state index in [-0.39, 0.29) is 6.61 Å². The first-order chi connectivity index (χ1) is 5.83. The second-order valence-electron chi connectivity index (χ2n) is 2.51. The van der Waals surface area contributed by atoms with Gasteiger partial charge in [0.2, 0.25) is 0 Å². The SMILES string of the molecule is OCc1cccc2n[nH]c(Br)c12. The Labute approximate surface area is 77.5 Å². The molecule has 0 saturated carbocycles. The Hall–Kier alpha value is -0.870. The zero-order valence-corrected chi connectivity index (χ0v) is 7.80. The highest BCUT2D eigenvalue weighted by atomic mass is 79.9. The fourth-order valence-corrected chi connectivity index (χ4v) is 1.78. The number of H-pyrrole nitrogens is 1. The van der Waals surface area contributed by atoms with E-state index in [1.165, 1.54) is 0 Å². The number of halogens is 1. The average Bonchev–Trinajstić information content (AvgIpc) is 2.48. The normalized spacial score (nSPS) is 10.8. The van der Waals surface area contributed by atoms with E-state index in [0.717, 1.165) is 21.1 Å². The summed E-state index contributed by atoms with van der Waals surface area (Å²) in [6.07, 6.45) is 0. The summed E-state index contributed by atoms with van der Waals surface area (Å²) in [5, 5.41) is 16.8. The second-order valence-corrected chi connectivity index (χ2v) is 3.30. The van der Waals surface area contributed by atoms with Crippen molar-refractivity contribution in [3.8, 4) is 0 Å². The lowest BCUT2D eigenvalue weighted by molar-refractivity contribution is 0.283. The Morgan fingerprint density at radius 1 is 1.50 bits per heavy atom. The van der Waals surface area contributed by atoms with Gasteiger partial charge in [0.25, 0.3) is 0 Å². The maximum absolute atomic E-state index is 9.02. The highest BCUT2D eigenvalue weighted by Gasteiger charge is 2.05. The van der Waals surface area contributed by atoms with E-state index in [0.29, 0.717) is 0 Å². The van der Waals surface area contributed by atoms with Crippen LogP contribution in [0.2, 0.25) is 0 Å². The fourth-order valence-electron chi connectivity index (χ4n) is 1.23. The van der Waals surface area contributed by atoms with Crippen LogP contribution >= 0.6 is 15.9 Å². The molecule has 1 heterocycles. The molecule has 0 bridgehead atoms. The number of nitrogens with zero attached hydrogens (tertiary/aromatic N) is 1. The summed E-state index contributed by atoms with van der Waals surface area (Å²) >= 11 is 3.33. The fraction of sp³-hybridized carbons (Fsp3) is 0.125. The van der Waals surface area contributed by atoms with E-state index in [1.807, 2.05) is 18.2 Å². The van der Waals surface area contributed by atoms with Crippen molar-refractivity contribution in [2.45, 2.75) is 6.61 Å². The molecule has 0 aliphatic rings. The Kier molecular flexibility index (Phi) is 1.86. The molecule has 3 nitrogen and oxygen atoms in total. The van der Waals surface area contributed by atoms with Crippen molar-refractivity contribution in [3.63, 3.8) is 0 Å². The third kappa shape index (κ3) is 1.04. The minimum absolute atomic E-state index is 0.0372. The molecule has 0 radical (unpaired) electrons. The van der Waals surface area contributed by atoms with E-state index >= 15 is 0 Å². The minimum Gasteiger partial charge on any atom is -0.392 e. The Balaban J connectivity index is 2.84. The number of rotatable bonds is 1. The monoisotopic (exact) mass is 226 g/mol. The number of aromatic nitrogens is 2. The van der Waals surface area contributed by atoms with Gasteiger partial charge in [0.05, 0.1) is 12.1 Å². The Morgan fingerprint density at radius 2 is 2.33 bits per heavy atom. The average molecular weight is 227 g/mol. The van der Waals surface area contributed by atoms with Gasteiger partial charge in [-0.1, -0.05) is 12.1 Å². The number of aliphatic hydroxyl groups is 1. The van der Waals surface area contributed by atoms with E-state index in [9.17, 15) is 0 Å². The summed E-state index contributed by atoms with van der Waals surface area (Å²) in [7, 11) is 0. The molecule has 0 unspecified atom stereocenters. The molecule has 12 heavy (non-hydrogen) atoms. The first-order valence-electron chi connectivity index (χ1n) is 3.55. The maximum Gasteiger partial charge on any atom is 0.109 e. The molecule has 0 atom stereocenters. The molecule has 1 aromatic heterocycles. The predicted molar refractivity (Wildman–Crippen MR) is 49.7 cm³/mol. The van der Waals surface area contributed by atoms with Crippen LogP contribution in [0, 0.1) is 0 Å². The van der Waals surface area contributed by atoms with Crippen molar-refractivity contribution in [1.29, 1.82) is 0 Å². The quantitative estimate of drug-likeness (QED) is 0.780. The van der Waals surface area contributed by atoms with Crippen LogP contribution in [-0.2, 0) is 6.61 Å². The molecule has 2 aromatic rings. The first-order valence-corrected chi connectivity index (χ1v) is 4.34. The van der Waals surface area contributed by atoms with Gasteiger partial charge in [-0.3, -0.25) is 5.10 Å². The Morgan fingerprint density at radius 3 is 3.08 bits per heavy atom. The van der Waals surface area contributed by atoms with Gasteiger partial charge in [-0.25, -0.2) is 0 Å². The van der Waals surface area contributed by atoms with Crippen LogP contribution in [0.15, 0.2) is 22.8 Å². The lowest BCUT2D eigenvalue weighted by atomic mass is 10.1. The highest BCUT2D eigenvalue weighted by molar-refractivity contribution is 9.10. The molecule has 1 aromatic carbocycles. The van der Waals surface area contributed by atoms with Gasteiger partial charge in [-0.15, -0.1) is 0 Å². The maximum atomic E-state index is 9.02. The topological polar surface area (TPSA) is 48.9 Å². The van der Waals surface area contributed by atoms with Crippen molar-refractivity contribution in [2.24, 2.45) is 0 Å². The lowest BCUT2D eigenvalue weighted by Gasteiger charge is -1.96. The standard InChI is InChI=1S/C8H7BrN2O/c9-8-7-5(4-12)2-1-3-6(7)10-11-8/h1-3,12H,4H2,(H,10,11). The smallest absolute Gasteiger partial charge is 0.109 e. The third-order valence-electron chi connectivity index (χ3n) is 1.79. The van der Waals surface area contributed by atoms with Gasteiger partial charge in [-0.05, 0) is 27.6 Å². The molecule has 62 valence electrons. The molecule has 2 rings (SSSR count). The molecular formula is C8H7BrN2O. The predicted octanol–water partition coefficient (Wildman–Crippen LogP) is 1.82. The van der Waals surface area contributed by atoms with Crippen LogP contribution in [0.4, 0.5) is 0 Å². The third-order valence-corrected chi connectivity index (χ3v) is 2.37. The van der Waals surface area contributed by atoms with Gasteiger partial charge in [0, 0.05) is 5.39 Å². The zero-order valence-electron chi connectivity index (χ0n) is 6.21. The number of hydrogen-bond acceptors (Lipinski definition) is 2. The van der Waals surface area contributed by atoms with Crippen molar-refractivity contribution < 1.29 is 5.11 Å². The molecule has 2 N–H and O–H groups in total. The first kappa shape index (κ1) is 7.76. The van der Waals surface area contributed by atoms with Gasteiger partial charge < -0.3 is 5.11 Å². The number of benzene rings is 1. The number of hydrogen-bond donors (Lipinski definition) is 2. The van der Waals surface area contributed by atoms with E-state index in [2.05, 4.69) is 26.1 Å². The van der Waals surface area contributed by atoms with Crippen molar-refractivity contribution in [1.82, 2.24) is 10.2 Å². The van der Waals surface area contributed by atoms with Gasteiger partial charge in [0.15, 0.2) is 0 Å². The lowest BCUT2D eigenvalue weighted by Crippen LogP contribution is -1.83. The summed E-state index contributed by atoms with van der Waals surface area (Å²) in [5.74, 6) is 0. The molecule has 0 fully saturated rings. The van der Waals surface area contributed by atoms with Crippen LogP contribution in [0.25, 0.3) is 10.9 Å². The van der Waals surface area contributed by atoms with Crippen LogP contribution in [-0.4, -0.2) is 15.3 Å². The summed E-state index contributed by atoms with van der Waals surface area (Å²) in [4.78, 5) is 0. The van der Waals surface area contributed by atoms with Crippen LogP contribution in [0.3, 0.4) is 0 Å². The molecule has 0 aliphatic heterocycles. The number of aliphatic hydroxyl groups excluding tert-OH is 1. The summed E-state index contributed by atoms with van der Waals surface area (Å²) in [6.45, 7) is 0.0372. The van der Waals surface area contributed by atoms with Crippen molar-refractivity contribution in [3.05, 3.63) is 28.4 Å². The minimum atomic E-state index is 0.0372. The van der Waals surface area contributed by atoms with Crippen LogP contribution in [0.5, 0.6) is 0 Å². The van der Waals surface area contributed by atoms with Gasteiger partial charge in [0.1, 0.15) is 4.60 Å². The largest absolute Gasteiger partial charge is 0.392 e. The van der Waals surface area contributed by atoms with E-state index in [1.54, 1.807) is 0 Å². The molecule has 0 spiro atoms.